The number of rotatable bonds is 9. The SMILES string of the molecule is COc1ccccc1OCCC(=O)OC(C)C(=O)Nc1ccc(C(C)=O)cc1. The first kappa shape index (κ1) is 21.0. The largest absolute Gasteiger partial charge is 0.493 e. The molecule has 0 radical (unpaired) electrons. The summed E-state index contributed by atoms with van der Waals surface area (Å²) in [4.78, 5) is 35.3. The summed E-state index contributed by atoms with van der Waals surface area (Å²) in [7, 11) is 1.53. The Morgan fingerprint density at radius 3 is 2.25 bits per heavy atom. The van der Waals surface area contributed by atoms with Gasteiger partial charge in [-0.2, -0.15) is 0 Å². The normalized spacial score (nSPS) is 11.2. The van der Waals surface area contributed by atoms with E-state index in [9.17, 15) is 14.4 Å². The molecule has 7 heteroatoms. The molecule has 2 aromatic carbocycles. The summed E-state index contributed by atoms with van der Waals surface area (Å²) in [6, 6.07) is 13.6. The zero-order chi connectivity index (χ0) is 20.5. The van der Waals surface area contributed by atoms with Crippen LogP contribution in [-0.2, 0) is 14.3 Å². The molecule has 148 valence electrons. The molecule has 2 rings (SSSR count). The summed E-state index contributed by atoms with van der Waals surface area (Å²) in [6.45, 7) is 3.05. The van der Waals surface area contributed by atoms with E-state index < -0.39 is 18.0 Å². The maximum Gasteiger partial charge on any atom is 0.310 e. The zero-order valence-electron chi connectivity index (χ0n) is 16.1. The van der Waals surface area contributed by atoms with Gasteiger partial charge in [0.2, 0.25) is 0 Å². The van der Waals surface area contributed by atoms with Gasteiger partial charge < -0.3 is 19.5 Å². The molecule has 0 heterocycles. The van der Waals surface area contributed by atoms with Crippen molar-refractivity contribution in [3.05, 3.63) is 54.1 Å². The Kier molecular flexibility index (Phi) is 7.56. The van der Waals surface area contributed by atoms with Crippen LogP contribution in [0.2, 0.25) is 0 Å². The topological polar surface area (TPSA) is 90.9 Å². The number of para-hydroxylation sites is 2. The Morgan fingerprint density at radius 2 is 1.64 bits per heavy atom. The van der Waals surface area contributed by atoms with E-state index in [4.69, 9.17) is 14.2 Å². The lowest BCUT2D eigenvalue weighted by atomic mass is 10.1. The van der Waals surface area contributed by atoms with E-state index in [0.717, 1.165) is 0 Å². The number of carbonyl (C=O) groups excluding carboxylic acids is 3. The second-order valence-corrected chi connectivity index (χ2v) is 6.00. The van der Waals surface area contributed by atoms with Crippen molar-refractivity contribution < 1.29 is 28.6 Å². The van der Waals surface area contributed by atoms with Gasteiger partial charge in [-0.25, -0.2) is 0 Å². The third kappa shape index (κ3) is 6.12. The third-order valence-corrected chi connectivity index (χ3v) is 3.87. The molecule has 28 heavy (non-hydrogen) atoms. The Morgan fingerprint density at radius 1 is 1.00 bits per heavy atom. The van der Waals surface area contributed by atoms with Gasteiger partial charge in [-0.3, -0.25) is 14.4 Å². The zero-order valence-corrected chi connectivity index (χ0v) is 16.1. The van der Waals surface area contributed by atoms with Crippen LogP contribution in [0.25, 0.3) is 0 Å². The van der Waals surface area contributed by atoms with Gasteiger partial charge in [0.1, 0.15) is 0 Å². The van der Waals surface area contributed by atoms with Gasteiger partial charge in [0, 0.05) is 11.3 Å². The van der Waals surface area contributed by atoms with Gasteiger partial charge in [-0.1, -0.05) is 12.1 Å². The number of amides is 1. The second kappa shape index (κ2) is 10.1. The van der Waals surface area contributed by atoms with Crippen LogP contribution in [0, 0.1) is 0 Å². The van der Waals surface area contributed by atoms with Crippen LogP contribution in [0.4, 0.5) is 5.69 Å². The van der Waals surface area contributed by atoms with Gasteiger partial charge >= 0.3 is 5.97 Å². The van der Waals surface area contributed by atoms with Crippen molar-refractivity contribution in [2.24, 2.45) is 0 Å². The summed E-state index contributed by atoms with van der Waals surface area (Å²) in [5.74, 6) is 0.0200. The van der Waals surface area contributed by atoms with Crippen molar-refractivity contribution in [1.82, 2.24) is 0 Å². The molecule has 0 aliphatic heterocycles. The van der Waals surface area contributed by atoms with Crippen LogP contribution >= 0.6 is 0 Å². The highest BCUT2D eigenvalue weighted by molar-refractivity contribution is 5.97. The molecule has 1 atom stereocenters. The van der Waals surface area contributed by atoms with Crippen molar-refractivity contribution >= 4 is 23.3 Å². The molecule has 7 nitrogen and oxygen atoms in total. The van der Waals surface area contributed by atoms with Gasteiger partial charge in [0.25, 0.3) is 5.91 Å². The first-order chi connectivity index (χ1) is 13.4. The minimum Gasteiger partial charge on any atom is -0.493 e. The first-order valence-corrected chi connectivity index (χ1v) is 8.78. The second-order valence-electron chi connectivity index (χ2n) is 6.00. The molecule has 1 unspecified atom stereocenters. The monoisotopic (exact) mass is 385 g/mol. The predicted molar refractivity (Wildman–Crippen MR) is 104 cm³/mol. The molecule has 0 aromatic heterocycles. The van der Waals surface area contributed by atoms with E-state index in [-0.39, 0.29) is 18.8 Å². The highest BCUT2D eigenvalue weighted by Gasteiger charge is 2.18. The fraction of sp³-hybridized carbons (Fsp3) is 0.286. The van der Waals surface area contributed by atoms with Crippen LogP contribution in [-0.4, -0.2) is 37.5 Å². The summed E-state index contributed by atoms with van der Waals surface area (Å²) < 4.78 is 15.8. The van der Waals surface area contributed by atoms with Crippen LogP contribution in [0.5, 0.6) is 11.5 Å². The molecular weight excluding hydrogens is 362 g/mol. The minimum atomic E-state index is -0.966. The number of nitrogens with one attached hydrogen (secondary N) is 1. The van der Waals surface area contributed by atoms with Crippen LogP contribution in [0.15, 0.2) is 48.5 Å². The molecule has 0 saturated heterocycles. The molecular formula is C21H23NO6. The first-order valence-electron chi connectivity index (χ1n) is 8.78. The Labute approximate surface area is 163 Å². The molecule has 2 aromatic rings. The van der Waals surface area contributed by atoms with E-state index in [0.29, 0.717) is 22.7 Å². The van der Waals surface area contributed by atoms with Gasteiger partial charge in [0.15, 0.2) is 23.4 Å². The molecule has 0 spiro atoms. The molecule has 0 aliphatic carbocycles. The molecule has 0 aliphatic rings. The summed E-state index contributed by atoms with van der Waals surface area (Å²) in [6.07, 6.45) is -0.977. The van der Waals surface area contributed by atoms with E-state index >= 15 is 0 Å². The number of Topliss-reactive ketones (excluding diaryl/α,β-unsaturated/α-hetero) is 1. The number of ether oxygens (including phenoxy) is 3. The summed E-state index contributed by atoms with van der Waals surface area (Å²) in [5.41, 5.74) is 1.06. The van der Waals surface area contributed by atoms with Crippen LogP contribution in [0.3, 0.4) is 0 Å². The van der Waals surface area contributed by atoms with Crippen LogP contribution < -0.4 is 14.8 Å². The quantitative estimate of drug-likeness (QED) is 0.526. The maximum atomic E-state index is 12.1. The van der Waals surface area contributed by atoms with Crippen molar-refractivity contribution in [3.63, 3.8) is 0 Å². The third-order valence-electron chi connectivity index (χ3n) is 3.87. The Hall–Kier alpha value is -3.35. The van der Waals surface area contributed by atoms with Crippen LogP contribution in [0.1, 0.15) is 30.6 Å². The average molecular weight is 385 g/mol. The number of ketones is 1. The molecule has 0 fully saturated rings. The van der Waals surface area contributed by atoms with E-state index in [1.807, 2.05) is 6.07 Å². The minimum absolute atomic E-state index is 0.0109. The number of hydrogen-bond acceptors (Lipinski definition) is 6. The highest BCUT2D eigenvalue weighted by atomic mass is 16.6. The summed E-state index contributed by atoms with van der Waals surface area (Å²) >= 11 is 0. The predicted octanol–water partition coefficient (Wildman–Crippen LogP) is 3.24. The lowest BCUT2D eigenvalue weighted by Gasteiger charge is -2.14. The van der Waals surface area contributed by atoms with Crippen molar-refractivity contribution in [1.29, 1.82) is 0 Å². The van der Waals surface area contributed by atoms with E-state index in [1.54, 1.807) is 42.5 Å². The highest BCUT2D eigenvalue weighted by Crippen LogP contribution is 2.25. The number of benzene rings is 2. The number of esters is 1. The fourth-order valence-corrected chi connectivity index (χ4v) is 2.32. The van der Waals surface area contributed by atoms with Gasteiger partial charge in [0.05, 0.1) is 20.1 Å². The Balaban J connectivity index is 1.77. The number of carbonyl (C=O) groups is 3. The van der Waals surface area contributed by atoms with E-state index in [2.05, 4.69) is 5.32 Å². The average Bonchev–Trinajstić information content (AvgIpc) is 2.68. The number of methoxy groups -OCH3 is 1. The van der Waals surface area contributed by atoms with Crippen molar-refractivity contribution in [2.45, 2.75) is 26.4 Å². The smallest absolute Gasteiger partial charge is 0.310 e. The van der Waals surface area contributed by atoms with Crippen molar-refractivity contribution in [3.8, 4) is 11.5 Å². The molecule has 1 N–H and O–H groups in total. The maximum absolute atomic E-state index is 12.1. The molecule has 0 saturated carbocycles. The number of hydrogen-bond donors (Lipinski definition) is 1. The Bertz CT molecular complexity index is 831. The summed E-state index contributed by atoms with van der Waals surface area (Å²) in [5, 5.41) is 2.63. The molecule has 1 amide bonds. The van der Waals surface area contributed by atoms with E-state index in [1.165, 1.54) is 21.0 Å². The lowest BCUT2D eigenvalue weighted by molar-refractivity contribution is -0.153. The number of anilines is 1. The lowest BCUT2D eigenvalue weighted by Crippen LogP contribution is -2.30. The molecule has 0 bridgehead atoms. The standard InChI is InChI=1S/C21H23NO6/c1-14(23)16-8-10-17(11-9-16)22-21(25)15(2)28-20(24)12-13-27-19-7-5-4-6-18(19)26-3/h4-11,15H,12-13H2,1-3H3,(H,22,25). The van der Waals surface area contributed by atoms with Crippen molar-refractivity contribution in [2.75, 3.05) is 19.0 Å². The van der Waals surface area contributed by atoms with Gasteiger partial charge in [-0.05, 0) is 50.2 Å². The fourth-order valence-electron chi connectivity index (χ4n) is 2.32. The van der Waals surface area contributed by atoms with Gasteiger partial charge in [-0.15, -0.1) is 0 Å².